The molecule has 22 heavy (non-hydrogen) atoms. The molecule has 0 aliphatic carbocycles. The van der Waals surface area contributed by atoms with Crippen LogP contribution in [0.3, 0.4) is 0 Å². The maximum atomic E-state index is 6.36. The van der Waals surface area contributed by atoms with E-state index in [1.165, 1.54) is 11.1 Å². The zero-order chi connectivity index (χ0) is 15.4. The normalized spacial score (nSPS) is 11.9. The molecule has 2 nitrogen and oxygen atoms in total. The average molecular weight is 289 g/mol. The molecule has 0 radical (unpaired) electrons. The van der Waals surface area contributed by atoms with Gasteiger partial charge in [0, 0.05) is 0 Å². The van der Waals surface area contributed by atoms with Crippen molar-refractivity contribution < 1.29 is 4.74 Å². The van der Waals surface area contributed by atoms with Gasteiger partial charge in [0.25, 0.3) is 0 Å². The third-order valence-electron chi connectivity index (χ3n) is 3.85. The van der Waals surface area contributed by atoms with Crippen LogP contribution >= 0.6 is 0 Å². The van der Waals surface area contributed by atoms with Crippen molar-refractivity contribution in [3.8, 4) is 16.9 Å². The summed E-state index contributed by atoms with van der Waals surface area (Å²) in [6.07, 6.45) is 0. The monoisotopic (exact) mass is 289 g/mol. The van der Waals surface area contributed by atoms with Crippen molar-refractivity contribution in [3.63, 3.8) is 0 Å². The van der Waals surface area contributed by atoms with Gasteiger partial charge in [0.2, 0.25) is 0 Å². The van der Waals surface area contributed by atoms with Crippen molar-refractivity contribution in [1.82, 2.24) is 0 Å². The molecular formula is C20H19NO. The molecular weight excluding hydrogens is 270 g/mol. The fraction of sp³-hybridized carbons (Fsp3) is 0.100. The fourth-order valence-electron chi connectivity index (χ4n) is 2.52. The van der Waals surface area contributed by atoms with Gasteiger partial charge in [0.15, 0.2) is 0 Å². The summed E-state index contributed by atoms with van der Waals surface area (Å²) in [5.74, 6) is 0.843. The molecule has 0 saturated carbocycles. The molecule has 0 aromatic heterocycles. The van der Waals surface area contributed by atoms with Crippen LogP contribution in [-0.2, 0) is 0 Å². The Kier molecular flexibility index (Phi) is 4.22. The van der Waals surface area contributed by atoms with Crippen molar-refractivity contribution in [2.75, 3.05) is 7.11 Å². The number of methoxy groups -OCH3 is 1. The van der Waals surface area contributed by atoms with Gasteiger partial charge in [0.05, 0.1) is 13.2 Å². The van der Waals surface area contributed by atoms with E-state index < -0.39 is 0 Å². The molecule has 3 aromatic carbocycles. The molecule has 3 rings (SSSR count). The van der Waals surface area contributed by atoms with Crippen molar-refractivity contribution in [2.24, 2.45) is 5.73 Å². The van der Waals surface area contributed by atoms with Crippen LogP contribution in [0.4, 0.5) is 0 Å². The van der Waals surface area contributed by atoms with Crippen LogP contribution in [0.25, 0.3) is 11.1 Å². The molecule has 3 aromatic rings. The lowest BCUT2D eigenvalue weighted by molar-refractivity contribution is 0.414. The Balaban J connectivity index is 1.82. The second-order valence-electron chi connectivity index (χ2n) is 5.24. The first-order chi connectivity index (χ1) is 10.8. The molecule has 0 amide bonds. The van der Waals surface area contributed by atoms with Gasteiger partial charge in [-0.15, -0.1) is 0 Å². The predicted molar refractivity (Wildman–Crippen MR) is 90.9 cm³/mol. The van der Waals surface area contributed by atoms with Gasteiger partial charge in [-0.3, -0.25) is 0 Å². The summed E-state index contributed by atoms with van der Waals surface area (Å²) in [7, 11) is 1.66. The molecule has 0 saturated heterocycles. The third kappa shape index (κ3) is 3.02. The topological polar surface area (TPSA) is 35.2 Å². The van der Waals surface area contributed by atoms with Crippen molar-refractivity contribution >= 4 is 0 Å². The van der Waals surface area contributed by atoms with Gasteiger partial charge < -0.3 is 10.5 Å². The zero-order valence-electron chi connectivity index (χ0n) is 12.6. The highest BCUT2D eigenvalue weighted by Crippen LogP contribution is 2.25. The van der Waals surface area contributed by atoms with E-state index in [9.17, 15) is 0 Å². The highest BCUT2D eigenvalue weighted by atomic mass is 16.5. The first-order valence-electron chi connectivity index (χ1n) is 7.33. The van der Waals surface area contributed by atoms with Crippen LogP contribution in [-0.4, -0.2) is 7.11 Å². The summed E-state index contributed by atoms with van der Waals surface area (Å²) in [4.78, 5) is 0. The van der Waals surface area contributed by atoms with Gasteiger partial charge in [-0.1, -0.05) is 66.7 Å². The Labute approximate surface area is 131 Å². The third-order valence-corrected chi connectivity index (χ3v) is 3.85. The Hall–Kier alpha value is -2.58. The molecule has 0 heterocycles. The van der Waals surface area contributed by atoms with Gasteiger partial charge in [-0.05, 0) is 34.4 Å². The summed E-state index contributed by atoms with van der Waals surface area (Å²) < 4.78 is 5.18. The van der Waals surface area contributed by atoms with Gasteiger partial charge in [-0.2, -0.15) is 0 Å². The first kappa shape index (κ1) is 14.4. The van der Waals surface area contributed by atoms with E-state index >= 15 is 0 Å². The van der Waals surface area contributed by atoms with E-state index in [1.807, 2.05) is 42.5 Å². The zero-order valence-corrected chi connectivity index (χ0v) is 12.6. The molecule has 0 aliphatic rings. The maximum absolute atomic E-state index is 6.36. The second-order valence-corrected chi connectivity index (χ2v) is 5.24. The summed E-state index contributed by atoms with van der Waals surface area (Å²) in [6.45, 7) is 0. The maximum Gasteiger partial charge on any atom is 0.118 e. The van der Waals surface area contributed by atoms with Crippen LogP contribution in [0.2, 0.25) is 0 Å². The van der Waals surface area contributed by atoms with Crippen LogP contribution in [0.15, 0.2) is 78.9 Å². The molecule has 2 heteroatoms. The summed E-state index contributed by atoms with van der Waals surface area (Å²) >= 11 is 0. The minimum Gasteiger partial charge on any atom is -0.497 e. The van der Waals surface area contributed by atoms with Crippen LogP contribution in [0.1, 0.15) is 17.2 Å². The lowest BCUT2D eigenvalue weighted by Crippen LogP contribution is -2.11. The number of benzene rings is 3. The average Bonchev–Trinajstić information content (AvgIpc) is 2.62. The molecule has 110 valence electrons. The van der Waals surface area contributed by atoms with Gasteiger partial charge >= 0.3 is 0 Å². The summed E-state index contributed by atoms with van der Waals surface area (Å²) in [5, 5.41) is 0. The Morgan fingerprint density at radius 2 is 1.18 bits per heavy atom. The highest BCUT2D eigenvalue weighted by molar-refractivity contribution is 5.63. The minimum absolute atomic E-state index is 0.129. The highest BCUT2D eigenvalue weighted by Gasteiger charge is 2.09. The van der Waals surface area contributed by atoms with Crippen molar-refractivity contribution in [1.29, 1.82) is 0 Å². The molecule has 1 atom stereocenters. The Morgan fingerprint density at radius 3 is 1.73 bits per heavy atom. The quantitative estimate of drug-likeness (QED) is 0.772. The number of nitrogens with two attached hydrogens (primary N) is 1. The Bertz CT molecular complexity index is 718. The molecule has 0 spiro atoms. The number of hydrogen-bond acceptors (Lipinski definition) is 2. The Morgan fingerprint density at radius 1 is 0.682 bits per heavy atom. The number of ether oxygens (including phenoxy) is 1. The minimum atomic E-state index is -0.129. The molecule has 1 unspecified atom stereocenters. The fourth-order valence-corrected chi connectivity index (χ4v) is 2.52. The van der Waals surface area contributed by atoms with Crippen molar-refractivity contribution in [2.45, 2.75) is 6.04 Å². The van der Waals surface area contributed by atoms with Crippen molar-refractivity contribution in [3.05, 3.63) is 90.0 Å². The largest absolute Gasteiger partial charge is 0.497 e. The summed E-state index contributed by atoms with van der Waals surface area (Å²) in [6, 6.07) is 26.5. The van der Waals surface area contributed by atoms with Crippen LogP contribution < -0.4 is 10.5 Å². The van der Waals surface area contributed by atoms with E-state index in [0.717, 1.165) is 16.9 Å². The molecule has 2 N–H and O–H groups in total. The number of hydrogen-bond donors (Lipinski definition) is 1. The number of rotatable bonds is 4. The molecule has 0 fully saturated rings. The summed E-state index contributed by atoms with van der Waals surface area (Å²) in [5.41, 5.74) is 10.9. The molecule has 0 aliphatic heterocycles. The van der Waals surface area contributed by atoms with Gasteiger partial charge in [0.1, 0.15) is 5.75 Å². The van der Waals surface area contributed by atoms with Crippen LogP contribution in [0, 0.1) is 0 Å². The SMILES string of the molecule is COc1ccc(C(N)c2ccc(-c3ccccc3)cc2)cc1. The predicted octanol–water partition coefficient (Wildman–Crippen LogP) is 4.41. The smallest absolute Gasteiger partial charge is 0.118 e. The molecule has 0 bridgehead atoms. The van der Waals surface area contributed by atoms with Crippen LogP contribution in [0.5, 0.6) is 5.75 Å². The lowest BCUT2D eigenvalue weighted by atomic mass is 9.97. The first-order valence-corrected chi connectivity index (χ1v) is 7.33. The van der Waals surface area contributed by atoms with E-state index in [4.69, 9.17) is 10.5 Å². The van der Waals surface area contributed by atoms with E-state index in [0.29, 0.717) is 0 Å². The van der Waals surface area contributed by atoms with Gasteiger partial charge in [-0.25, -0.2) is 0 Å². The second kappa shape index (κ2) is 6.46. The van der Waals surface area contributed by atoms with E-state index in [2.05, 4.69) is 36.4 Å². The van der Waals surface area contributed by atoms with E-state index in [-0.39, 0.29) is 6.04 Å². The standard InChI is InChI=1S/C20H19NO/c1-22-19-13-11-18(12-14-19)20(21)17-9-7-16(8-10-17)15-5-3-2-4-6-15/h2-14,20H,21H2,1H3. The lowest BCUT2D eigenvalue weighted by Gasteiger charge is -2.14. The van der Waals surface area contributed by atoms with E-state index in [1.54, 1.807) is 7.11 Å².